The smallest absolute Gasteiger partial charge is 0.408 e. The number of nitrogens with one attached hydrogen (secondary N) is 1. The first kappa shape index (κ1) is 20.3. The van der Waals surface area contributed by atoms with Crippen LogP contribution < -0.4 is 5.32 Å². The molecule has 0 bridgehead atoms. The van der Waals surface area contributed by atoms with Gasteiger partial charge in [-0.15, -0.1) is 24.8 Å². The van der Waals surface area contributed by atoms with E-state index in [0.717, 1.165) is 5.56 Å². The maximum Gasteiger partial charge on any atom is 0.408 e. The summed E-state index contributed by atoms with van der Waals surface area (Å²) in [7, 11) is 0. The molecule has 8 heteroatoms. The highest BCUT2D eigenvalue weighted by atomic mass is 35.5. The van der Waals surface area contributed by atoms with Crippen molar-refractivity contribution < 1.29 is 18.3 Å². The zero-order valence-electron chi connectivity index (χ0n) is 11.5. The van der Waals surface area contributed by atoms with Crippen LogP contribution in [0, 0.1) is 6.92 Å². The van der Waals surface area contributed by atoms with Crippen molar-refractivity contribution in [3.63, 3.8) is 0 Å². The molecule has 1 fully saturated rings. The summed E-state index contributed by atoms with van der Waals surface area (Å²) in [5, 5.41) is 12.8. The molecule has 1 heterocycles. The molecule has 1 aromatic carbocycles. The van der Waals surface area contributed by atoms with Gasteiger partial charge < -0.3 is 10.4 Å². The highest BCUT2D eigenvalue weighted by Gasteiger charge is 2.46. The fourth-order valence-corrected chi connectivity index (χ4v) is 2.41. The number of piperazine rings is 1. The normalized spacial score (nSPS) is 17.5. The molecule has 0 radical (unpaired) electrons. The SMILES string of the molecule is Cc1ccc([C@@H](N2CCNCC2)C(F)(F)F)c(O)c1.Cl.Cl. The van der Waals surface area contributed by atoms with Gasteiger partial charge in [0.15, 0.2) is 0 Å². The molecule has 21 heavy (non-hydrogen) atoms. The Hall–Kier alpha value is -0.690. The maximum absolute atomic E-state index is 13.3. The van der Waals surface area contributed by atoms with Crippen molar-refractivity contribution in [3.05, 3.63) is 29.3 Å². The van der Waals surface area contributed by atoms with E-state index in [-0.39, 0.29) is 36.1 Å². The molecule has 1 atom stereocenters. The van der Waals surface area contributed by atoms with E-state index in [1.54, 1.807) is 13.0 Å². The van der Waals surface area contributed by atoms with Crippen LogP contribution in [0.1, 0.15) is 17.2 Å². The first-order valence-electron chi connectivity index (χ1n) is 6.20. The van der Waals surface area contributed by atoms with Crippen LogP contribution in [-0.2, 0) is 0 Å². The minimum Gasteiger partial charge on any atom is -0.508 e. The Morgan fingerprint density at radius 2 is 1.76 bits per heavy atom. The van der Waals surface area contributed by atoms with Gasteiger partial charge in [-0.05, 0) is 18.6 Å². The average Bonchev–Trinajstić information content (AvgIpc) is 2.32. The average molecular weight is 347 g/mol. The molecular formula is C13H19Cl2F3N2O. The predicted molar refractivity (Wildman–Crippen MR) is 80.6 cm³/mol. The molecule has 1 aliphatic rings. The Balaban J connectivity index is 0.00000200. The number of benzene rings is 1. The molecule has 0 aromatic heterocycles. The summed E-state index contributed by atoms with van der Waals surface area (Å²) in [6.45, 7) is 3.42. The predicted octanol–water partition coefficient (Wildman–Crippen LogP) is 3.05. The molecule has 0 aliphatic carbocycles. The summed E-state index contributed by atoms with van der Waals surface area (Å²) in [6, 6.07) is 2.59. The number of phenols is 1. The Morgan fingerprint density at radius 1 is 1.19 bits per heavy atom. The van der Waals surface area contributed by atoms with Crippen molar-refractivity contribution in [1.29, 1.82) is 0 Å². The Morgan fingerprint density at radius 3 is 2.24 bits per heavy atom. The largest absolute Gasteiger partial charge is 0.508 e. The number of phenolic OH excluding ortho intramolecular Hbond substituents is 1. The lowest BCUT2D eigenvalue weighted by Crippen LogP contribution is -2.49. The maximum atomic E-state index is 13.3. The number of hydrogen-bond acceptors (Lipinski definition) is 3. The second-order valence-electron chi connectivity index (χ2n) is 4.79. The number of halogens is 5. The van der Waals surface area contributed by atoms with Crippen LogP contribution >= 0.6 is 24.8 Å². The van der Waals surface area contributed by atoms with Gasteiger partial charge in [0.1, 0.15) is 11.8 Å². The van der Waals surface area contributed by atoms with Gasteiger partial charge >= 0.3 is 6.18 Å². The molecule has 122 valence electrons. The lowest BCUT2D eigenvalue weighted by Gasteiger charge is -2.36. The van der Waals surface area contributed by atoms with Crippen LogP contribution in [0.3, 0.4) is 0 Å². The number of hydrogen-bond donors (Lipinski definition) is 2. The summed E-state index contributed by atoms with van der Waals surface area (Å²) in [5.74, 6) is -0.291. The monoisotopic (exact) mass is 346 g/mol. The zero-order chi connectivity index (χ0) is 14.0. The Kier molecular flexibility index (Phi) is 7.81. The van der Waals surface area contributed by atoms with Crippen molar-refractivity contribution in [1.82, 2.24) is 10.2 Å². The summed E-state index contributed by atoms with van der Waals surface area (Å²) >= 11 is 0. The molecular weight excluding hydrogens is 328 g/mol. The highest BCUT2D eigenvalue weighted by Crippen LogP contribution is 2.41. The molecule has 1 aliphatic heterocycles. The quantitative estimate of drug-likeness (QED) is 0.863. The van der Waals surface area contributed by atoms with Gasteiger partial charge in [0, 0.05) is 31.7 Å². The van der Waals surface area contributed by atoms with Crippen molar-refractivity contribution in [2.24, 2.45) is 0 Å². The van der Waals surface area contributed by atoms with E-state index in [2.05, 4.69) is 5.32 Å². The standard InChI is InChI=1S/C13H17F3N2O.2ClH/c1-9-2-3-10(11(19)8-9)12(13(14,15)16)18-6-4-17-5-7-18;;/h2-3,8,12,17,19H,4-7H2,1H3;2*1H/t12-;;/m1../s1. The van der Waals surface area contributed by atoms with E-state index in [9.17, 15) is 18.3 Å². The topological polar surface area (TPSA) is 35.5 Å². The molecule has 0 unspecified atom stereocenters. The van der Waals surface area contributed by atoms with E-state index in [1.165, 1.54) is 17.0 Å². The lowest BCUT2D eigenvalue weighted by molar-refractivity contribution is -0.188. The molecule has 2 N–H and O–H groups in total. The number of alkyl halides is 3. The molecule has 0 amide bonds. The van der Waals surface area contributed by atoms with Gasteiger partial charge in [0.05, 0.1) is 0 Å². The molecule has 1 aromatic rings. The first-order chi connectivity index (χ1) is 8.89. The summed E-state index contributed by atoms with van der Waals surface area (Å²) < 4.78 is 39.9. The van der Waals surface area contributed by atoms with Gasteiger partial charge in [0.2, 0.25) is 0 Å². The van der Waals surface area contributed by atoms with Gasteiger partial charge in [0.25, 0.3) is 0 Å². The number of nitrogens with zero attached hydrogens (tertiary/aromatic N) is 1. The third-order valence-corrected chi connectivity index (χ3v) is 3.31. The van der Waals surface area contributed by atoms with Gasteiger partial charge in [-0.1, -0.05) is 12.1 Å². The van der Waals surface area contributed by atoms with Gasteiger partial charge in [-0.2, -0.15) is 13.2 Å². The molecule has 0 spiro atoms. The van der Waals surface area contributed by atoms with Crippen LogP contribution in [0.4, 0.5) is 13.2 Å². The fourth-order valence-electron chi connectivity index (χ4n) is 2.41. The molecule has 2 rings (SSSR count). The number of aromatic hydroxyl groups is 1. The van der Waals surface area contributed by atoms with Crippen LogP contribution in [0.2, 0.25) is 0 Å². The summed E-state index contributed by atoms with van der Waals surface area (Å²) in [4.78, 5) is 1.36. The van der Waals surface area contributed by atoms with Crippen molar-refractivity contribution in [2.75, 3.05) is 26.2 Å². The highest BCUT2D eigenvalue weighted by molar-refractivity contribution is 5.85. The molecule has 0 saturated carbocycles. The van der Waals surface area contributed by atoms with Crippen LogP contribution in [0.15, 0.2) is 18.2 Å². The molecule has 1 saturated heterocycles. The van der Waals surface area contributed by atoms with Crippen LogP contribution in [0.25, 0.3) is 0 Å². The third-order valence-electron chi connectivity index (χ3n) is 3.31. The Labute approximate surface area is 134 Å². The zero-order valence-corrected chi connectivity index (χ0v) is 13.1. The van der Waals surface area contributed by atoms with E-state index in [4.69, 9.17) is 0 Å². The molecule has 3 nitrogen and oxygen atoms in total. The second kappa shape index (κ2) is 8.08. The van der Waals surface area contributed by atoms with Crippen molar-refractivity contribution in [3.8, 4) is 5.75 Å². The van der Waals surface area contributed by atoms with E-state index in [1.807, 2.05) is 0 Å². The number of rotatable bonds is 2. The minimum absolute atomic E-state index is 0. The van der Waals surface area contributed by atoms with Crippen molar-refractivity contribution in [2.45, 2.75) is 19.1 Å². The van der Waals surface area contributed by atoms with Crippen molar-refractivity contribution >= 4 is 24.8 Å². The van der Waals surface area contributed by atoms with Gasteiger partial charge in [-0.25, -0.2) is 0 Å². The number of aryl methyl sites for hydroxylation is 1. The second-order valence-corrected chi connectivity index (χ2v) is 4.79. The van der Waals surface area contributed by atoms with E-state index >= 15 is 0 Å². The first-order valence-corrected chi connectivity index (χ1v) is 6.20. The van der Waals surface area contributed by atoms with E-state index < -0.39 is 12.2 Å². The van der Waals surface area contributed by atoms with Crippen LogP contribution in [-0.4, -0.2) is 42.4 Å². The van der Waals surface area contributed by atoms with E-state index in [0.29, 0.717) is 26.2 Å². The third kappa shape index (κ3) is 4.92. The van der Waals surface area contributed by atoms with Gasteiger partial charge in [-0.3, -0.25) is 4.90 Å². The van der Waals surface area contributed by atoms with Crippen LogP contribution in [0.5, 0.6) is 5.75 Å². The minimum atomic E-state index is -4.40. The fraction of sp³-hybridized carbons (Fsp3) is 0.538. The summed E-state index contributed by atoms with van der Waals surface area (Å²) in [6.07, 6.45) is -4.40. The Bertz CT molecular complexity index is 452. The summed E-state index contributed by atoms with van der Waals surface area (Å²) in [5.41, 5.74) is 0.669. The lowest BCUT2D eigenvalue weighted by atomic mass is 10.0.